The van der Waals surface area contributed by atoms with E-state index < -0.39 is 0 Å². The van der Waals surface area contributed by atoms with Crippen LogP contribution in [0.15, 0.2) is 79.0 Å². The average Bonchev–Trinajstić information content (AvgIpc) is 3.33. The lowest BCUT2D eigenvalue weighted by atomic mass is 10.1. The Morgan fingerprint density at radius 3 is 2.46 bits per heavy atom. The van der Waals surface area contributed by atoms with Gasteiger partial charge in [-0.15, -0.1) is 0 Å². The summed E-state index contributed by atoms with van der Waals surface area (Å²) in [6, 6.07) is 23.6. The number of aromatic amines is 2. The number of rotatable bonds is 4. The molecule has 0 saturated carbocycles. The molecular weight excluding hydrogens is 348 g/mol. The summed E-state index contributed by atoms with van der Waals surface area (Å²) in [5.74, 6) is 0.777. The summed E-state index contributed by atoms with van der Waals surface area (Å²) in [7, 11) is 0. The monoisotopic (exact) mass is 366 g/mol. The Bertz CT molecular complexity index is 1250. The van der Waals surface area contributed by atoms with Crippen LogP contribution in [0.25, 0.3) is 33.3 Å². The number of benzene rings is 3. The van der Waals surface area contributed by atoms with E-state index in [2.05, 4.69) is 20.3 Å². The molecule has 0 spiro atoms. The fraction of sp³-hybridized carbons (Fsp3) is 0.0435. The molecule has 5 nitrogen and oxygen atoms in total. The zero-order chi connectivity index (χ0) is 18.9. The minimum absolute atomic E-state index is 0.0405. The zero-order valence-electron chi connectivity index (χ0n) is 15.1. The Hall–Kier alpha value is -3.86. The smallest absolute Gasteiger partial charge is 0.228 e. The molecule has 3 N–H and O–H groups in total. The number of para-hydroxylation sites is 3. The summed E-state index contributed by atoms with van der Waals surface area (Å²) >= 11 is 0. The number of anilines is 1. The quantitative estimate of drug-likeness (QED) is 0.423. The summed E-state index contributed by atoms with van der Waals surface area (Å²) in [6.45, 7) is 0. The molecule has 28 heavy (non-hydrogen) atoms. The molecule has 0 radical (unpaired) electrons. The van der Waals surface area contributed by atoms with Crippen LogP contribution in [-0.2, 0) is 11.2 Å². The highest BCUT2D eigenvalue weighted by Crippen LogP contribution is 2.23. The highest BCUT2D eigenvalue weighted by atomic mass is 16.1. The number of hydrogen-bond acceptors (Lipinski definition) is 2. The molecule has 0 bridgehead atoms. The Kier molecular flexibility index (Phi) is 3.91. The number of H-pyrrole nitrogens is 2. The van der Waals surface area contributed by atoms with E-state index in [-0.39, 0.29) is 5.91 Å². The molecule has 5 rings (SSSR count). The molecule has 136 valence electrons. The highest BCUT2D eigenvalue weighted by molar-refractivity contribution is 5.96. The van der Waals surface area contributed by atoms with E-state index in [1.807, 2.05) is 79.0 Å². The summed E-state index contributed by atoms with van der Waals surface area (Å²) in [5.41, 5.74) is 5.73. The number of nitrogens with zero attached hydrogens (tertiary/aromatic N) is 1. The van der Waals surface area contributed by atoms with Gasteiger partial charge in [0.25, 0.3) is 0 Å². The highest BCUT2D eigenvalue weighted by Gasteiger charge is 2.10. The van der Waals surface area contributed by atoms with Crippen LogP contribution in [0.3, 0.4) is 0 Å². The average molecular weight is 366 g/mol. The van der Waals surface area contributed by atoms with Crippen molar-refractivity contribution in [3.8, 4) is 11.4 Å². The molecule has 0 saturated heterocycles. The fourth-order valence-electron chi connectivity index (χ4n) is 3.46. The van der Waals surface area contributed by atoms with Crippen LogP contribution in [0.1, 0.15) is 5.56 Å². The Balaban J connectivity index is 1.31. The van der Waals surface area contributed by atoms with Gasteiger partial charge < -0.3 is 15.3 Å². The van der Waals surface area contributed by atoms with Gasteiger partial charge >= 0.3 is 0 Å². The van der Waals surface area contributed by atoms with Crippen molar-refractivity contribution >= 4 is 33.5 Å². The zero-order valence-corrected chi connectivity index (χ0v) is 15.1. The topological polar surface area (TPSA) is 73.6 Å². The molecule has 0 atom stereocenters. The number of amides is 1. The third-order valence-electron chi connectivity index (χ3n) is 4.86. The number of carbonyl (C=O) groups excluding carboxylic acids is 1. The molecule has 0 fully saturated rings. The van der Waals surface area contributed by atoms with Crippen molar-refractivity contribution in [1.82, 2.24) is 15.0 Å². The first-order chi connectivity index (χ1) is 13.8. The molecular formula is C23H18N4O. The van der Waals surface area contributed by atoms with Gasteiger partial charge in [-0.2, -0.15) is 0 Å². The largest absolute Gasteiger partial charge is 0.361 e. The first-order valence-corrected chi connectivity index (χ1v) is 9.16. The first kappa shape index (κ1) is 16.3. The number of hydrogen-bond donors (Lipinski definition) is 3. The van der Waals surface area contributed by atoms with Gasteiger partial charge in [0.05, 0.1) is 17.5 Å². The minimum Gasteiger partial charge on any atom is -0.361 e. The van der Waals surface area contributed by atoms with E-state index in [4.69, 9.17) is 0 Å². The van der Waals surface area contributed by atoms with E-state index in [9.17, 15) is 4.79 Å². The van der Waals surface area contributed by atoms with Crippen molar-refractivity contribution < 1.29 is 4.79 Å². The fourth-order valence-corrected chi connectivity index (χ4v) is 3.46. The van der Waals surface area contributed by atoms with Gasteiger partial charge in [0.2, 0.25) is 5.91 Å². The van der Waals surface area contributed by atoms with Crippen LogP contribution in [0.2, 0.25) is 0 Å². The van der Waals surface area contributed by atoms with E-state index in [0.29, 0.717) is 6.42 Å². The molecule has 5 aromatic rings. The molecule has 3 aromatic carbocycles. The number of aromatic nitrogens is 3. The lowest BCUT2D eigenvalue weighted by Crippen LogP contribution is -2.14. The van der Waals surface area contributed by atoms with Gasteiger partial charge in [0, 0.05) is 28.4 Å². The van der Waals surface area contributed by atoms with Gasteiger partial charge in [-0.3, -0.25) is 4.79 Å². The molecule has 2 heterocycles. The predicted molar refractivity (Wildman–Crippen MR) is 112 cm³/mol. The van der Waals surface area contributed by atoms with Gasteiger partial charge in [-0.05, 0) is 48.0 Å². The van der Waals surface area contributed by atoms with Crippen LogP contribution in [0, 0.1) is 0 Å². The molecule has 1 amide bonds. The van der Waals surface area contributed by atoms with E-state index in [0.717, 1.165) is 44.6 Å². The number of fused-ring (bicyclic) bond motifs is 2. The van der Waals surface area contributed by atoms with Crippen molar-refractivity contribution in [3.63, 3.8) is 0 Å². The van der Waals surface area contributed by atoms with Gasteiger partial charge in [0.1, 0.15) is 5.82 Å². The minimum atomic E-state index is -0.0405. The molecule has 0 unspecified atom stereocenters. The Labute approximate surface area is 161 Å². The second-order valence-corrected chi connectivity index (χ2v) is 6.76. The second-order valence-electron chi connectivity index (χ2n) is 6.76. The molecule has 2 aromatic heterocycles. The molecule has 0 aliphatic rings. The standard InChI is InChI=1S/C23H18N4O/c28-22(13-16-14-24-19-6-2-1-5-18(16)19)25-17-11-9-15(10-12-17)23-26-20-7-3-4-8-21(20)27-23/h1-12,14,24H,13H2,(H,25,28)(H,26,27). The third-order valence-corrected chi connectivity index (χ3v) is 4.86. The number of carbonyl (C=O) groups is 1. The van der Waals surface area contributed by atoms with Crippen LogP contribution in [0.4, 0.5) is 5.69 Å². The van der Waals surface area contributed by atoms with Crippen LogP contribution < -0.4 is 5.32 Å². The summed E-state index contributed by atoms with van der Waals surface area (Å²) < 4.78 is 0. The van der Waals surface area contributed by atoms with Crippen LogP contribution in [0.5, 0.6) is 0 Å². The molecule has 0 aliphatic carbocycles. The molecule has 0 aliphatic heterocycles. The lowest BCUT2D eigenvalue weighted by molar-refractivity contribution is -0.115. The molecule has 5 heteroatoms. The van der Waals surface area contributed by atoms with Gasteiger partial charge in [-0.1, -0.05) is 30.3 Å². The second kappa shape index (κ2) is 6.70. The predicted octanol–water partition coefficient (Wildman–Crippen LogP) is 4.89. The summed E-state index contributed by atoms with van der Waals surface area (Å²) in [4.78, 5) is 23.6. The Morgan fingerprint density at radius 1 is 0.893 bits per heavy atom. The summed E-state index contributed by atoms with van der Waals surface area (Å²) in [5, 5.41) is 4.05. The van der Waals surface area contributed by atoms with E-state index >= 15 is 0 Å². The van der Waals surface area contributed by atoms with Crippen LogP contribution >= 0.6 is 0 Å². The van der Waals surface area contributed by atoms with E-state index in [1.54, 1.807) is 0 Å². The number of imidazole rings is 1. The van der Waals surface area contributed by atoms with Crippen molar-refractivity contribution in [1.29, 1.82) is 0 Å². The SMILES string of the molecule is O=C(Cc1c[nH]c2ccccc12)Nc1ccc(-c2nc3ccccc3[nH]2)cc1. The van der Waals surface area contributed by atoms with Crippen molar-refractivity contribution in [2.45, 2.75) is 6.42 Å². The first-order valence-electron chi connectivity index (χ1n) is 9.16. The van der Waals surface area contributed by atoms with Gasteiger partial charge in [-0.25, -0.2) is 4.98 Å². The summed E-state index contributed by atoms with van der Waals surface area (Å²) in [6.07, 6.45) is 2.23. The lowest BCUT2D eigenvalue weighted by Gasteiger charge is -2.06. The maximum atomic E-state index is 12.5. The maximum Gasteiger partial charge on any atom is 0.228 e. The van der Waals surface area contributed by atoms with Gasteiger partial charge in [0.15, 0.2) is 0 Å². The van der Waals surface area contributed by atoms with Crippen LogP contribution in [-0.4, -0.2) is 20.9 Å². The van der Waals surface area contributed by atoms with Crippen molar-refractivity contribution in [2.75, 3.05) is 5.32 Å². The Morgan fingerprint density at radius 2 is 1.64 bits per heavy atom. The van der Waals surface area contributed by atoms with Crippen molar-refractivity contribution in [3.05, 3.63) is 84.6 Å². The van der Waals surface area contributed by atoms with E-state index in [1.165, 1.54) is 0 Å². The van der Waals surface area contributed by atoms with Crippen molar-refractivity contribution in [2.24, 2.45) is 0 Å². The maximum absolute atomic E-state index is 12.5. The normalized spacial score (nSPS) is 11.1. The third kappa shape index (κ3) is 3.03. The number of nitrogens with one attached hydrogen (secondary N) is 3.